The molecule has 2 fully saturated rings. The molecule has 2 heterocycles. The average Bonchev–Trinajstić information content (AvgIpc) is 3.17. The second-order valence-corrected chi connectivity index (χ2v) is 12.4. The quantitative estimate of drug-likeness (QED) is 0.0396. The third-order valence-electron chi connectivity index (χ3n) is 8.18. The van der Waals surface area contributed by atoms with Crippen molar-refractivity contribution in [3.8, 4) is 0 Å². The molecule has 0 aromatic heterocycles. The summed E-state index contributed by atoms with van der Waals surface area (Å²) in [4.78, 5) is 48.2. The molecule has 2 saturated heterocycles. The van der Waals surface area contributed by atoms with Gasteiger partial charge >= 0.3 is 0 Å². The number of unbranched alkanes of at least 4 members (excludes halogenated alkanes) is 2. The van der Waals surface area contributed by atoms with E-state index < -0.39 is 86.6 Å². The van der Waals surface area contributed by atoms with Crippen LogP contribution in [0.3, 0.4) is 0 Å². The van der Waals surface area contributed by atoms with Gasteiger partial charge in [-0.3, -0.25) is 24.5 Å². The number of carbonyl (C=O) groups excluding carboxylic acids is 4. The lowest BCUT2D eigenvalue weighted by atomic mass is 9.97. The molecule has 290 valence electrons. The number of amides is 4. The number of likely N-dealkylation sites (N-methyl/N-ethyl adjacent to an activating group) is 1. The summed E-state index contributed by atoms with van der Waals surface area (Å²) in [6, 6.07) is -1.80. The molecule has 11 N–H and O–H groups in total. The summed E-state index contributed by atoms with van der Waals surface area (Å²) in [5.74, 6) is -1.33. The first-order valence-electron chi connectivity index (χ1n) is 17.1. The van der Waals surface area contributed by atoms with Crippen LogP contribution >= 0.6 is 0 Å². The van der Waals surface area contributed by atoms with Gasteiger partial charge in [0.1, 0.15) is 36.6 Å². The van der Waals surface area contributed by atoms with E-state index in [-0.39, 0.29) is 56.7 Å². The van der Waals surface area contributed by atoms with Crippen molar-refractivity contribution in [1.29, 1.82) is 0 Å². The molecule has 19 heteroatoms. The van der Waals surface area contributed by atoms with Crippen LogP contribution < -0.4 is 26.6 Å². The topological polar surface area (TPSA) is 287 Å². The zero-order valence-corrected chi connectivity index (χ0v) is 29.0. The summed E-state index contributed by atoms with van der Waals surface area (Å²) >= 11 is 0. The Balaban J connectivity index is 1.69. The third-order valence-corrected chi connectivity index (χ3v) is 8.18. The van der Waals surface area contributed by atoms with Gasteiger partial charge in [-0.25, -0.2) is 0 Å². The van der Waals surface area contributed by atoms with Crippen LogP contribution in [0.5, 0.6) is 0 Å². The Morgan fingerprint density at radius 3 is 1.90 bits per heavy atom. The second kappa shape index (κ2) is 23.1. The van der Waals surface area contributed by atoms with E-state index in [0.29, 0.717) is 32.2 Å². The summed E-state index contributed by atoms with van der Waals surface area (Å²) in [5.41, 5.74) is 0. The maximum Gasteiger partial charge on any atom is 0.221 e. The lowest BCUT2D eigenvalue weighted by Crippen LogP contribution is -2.64. The number of hydrogen-bond donors (Lipinski definition) is 11. The van der Waals surface area contributed by atoms with Gasteiger partial charge in [0.15, 0.2) is 12.6 Å². The van der Waals surface area contributed by atoms with Crippen LogP contribution in [0.1, 0.15) is 65.7 Å². The van der Waals surface area contributed by atoms with Crippen LogP contribution in [0.4, 0.5) is 0 Å². The molecule has 0 bridgehead atoms. The normalized spacial score (nSPS) is 30.5. The van der Waals surface area contributed by atoms with Gasteiger partial charge in [0, 0.05) is 46.3 Å². The van der Waals surface area contributed by atoms with Gasteiger partial charge in [0.25, 0.3) is 0 Å². The van der Waals surface area contributed by atoms with Crippen molar-refractivity contribution in [2.75, 3.05) is 39.5 Å². The zero-order chi connectivity index (χ0) is 37.2. The molecule has 4 amide bonds. The lowest BCUT2D eigenvalue weighted by molar-refractivity contribution is -0.270. The summed E-state index contributed by atoms with van der Waals surface area (Å²) < 4.78 is 22.6. The molecule has 11 atom stereocenters. The van der Waals surface area contributed by atoms with Crippen molar-refractivity contribution in [2.45, 2.75) is 133 Å². The molecule has 0 radical (unpaired) electrons. The number of ether oxygens (including phenoxy) is 4. The lowest BCUT2D eigenvalue weighted by Gasteiger charge is -2.42. The smallest absolute Gasteiger partial charge is 0.221 e. The van der Waals surface area contributed by atoms with Crippen molar-refractivity contribution in [1.82, 2.24) is 26.6 Å². The molecular weight excluding hydrogens is 666 g/mol. The van der Waals surface area contributed by atoms with E-state index in [1.54, 1.807) is 0 Å². The van der Waals surface area contributed by atoms with Gasteiger partial charge in [0.2, 0.25) is 23.6 Å². The maximum atomic E-state index is 12.6. The van der Waals surface area contributed by atoms with Crippen LogP contribution in [0.15, 0.2) is 0 Å². The molecule has 2 aliphatic heterocycles. The fourth-order valence-corrected chi connectivity index (χ4v) is 5.58. The predicted molar refractivity (Wildman–Crippen MR) is 174 cm³/mol. The Kier molecular flexibility index (Phi) is 20.1. The molecule has 50 heavy (non-hydrogen) atoms. The average molecular weight is 724 g/mol. The zero-order valence-electron chi connectivity index (χ0n) is 29.0. The Morgan fingerprint density at radius 2 is 1.32 bits per heavy atom. The largest absolute Gasteiger partial charge is 0.394 e. The van der Waals surface area contributed by atoms with Gasteiger partial charge in [-0.2, -0.15) is 0 Å². The van der Waals surface area contributed by atoms with Crippen LogP contribution in [0.2, 0.25) is 0 Å². The van der Waals surface area contributed by atoms with E-state index >= 15 is 0 Å². The molecule has 11 unspecified atom stereocenters. The molecule has 0 aliphatic carbocycles. The van der Waals surface area contributed by atoms with Gasteiger partial charge < -0.3 is 70.9 Å². The highest BCUT2D eigenvalue weighted by Gasteiger charge is 2.45. The number of nitrogens with one attached hydrogen (secondary N) is 5. The molecule has 19 nitrogen and oxygen atoms in total. The minimum atomic E-state index is -1.41. The maximum absolute atomic E-state index is 12.6. The van der Waals surface area contributed by atoms with Crippen LogP contribution in [0, 0.1) is 0 Å². The first-order valence-corrected chi connectivity index (χ1v) is 17.1. The van der Waals surface area contributed by atoms with Crippen molar-refractivity contribution in [3.05, 3.63) is 0 Å². The summed E-state index contributed by atoms with van der Waals surface area (Å²) in [6.45, 7) is 4.23. The van der Waals surface area contributed by atoms with E-state index in [0.717, 1.165) is 0 Å². The third kappa shape index (κ3) is 15.0. The van der Waals surface area contributed by atoms with Crippen molar-refractivity contribution < 1.29 is 68.8 Å². The number of carbonyl (C=O) groups is 4. The van der Waals surface area contributed by atoms with E-state index in [4.69, 9.17) is 18.9 Å². The molecule has 0 aromatic rings. The number of rotatable bonds is 21. The van der Waals surface area contributed by atoms with Crippen molar-refractivity contribution in [3.63, 3.8) is 0 Å². The fourth-order valence-electron chi connectivity index (χ4n) is 5.58. The monoisotopic (exact) mass is 723 g/mol. The molecule has 0 spiro atoms. The predicted octanol–water partition coefficient (Wildman–Crippen LogP) is -4.19. The van der Waals surface area contributed by atoms with Crippen LogP contribution in [-0.4, -0.2) is 161 Å². The Hall–Kier alpha value is -2.56. The Bertz CT molecular complexity index is 1040. The number of hydrogen-bond acceptors (Lipinski definition) is 15. The first-order chi connectivity index (χ1) is 23.8. The Morgan fingerprint density at radius 1 is 0.760 bits per heavy atom. The van der Waals surface area contributed by atoms with Gasteiger partial charge in [0.05, 0.1) is 38.1 Å². The highest BCUT2D eigenvalue weighted by molar-refractivity contribution is 5.77. The fraction of sp³-hybridized carbons (Fsp3) is 0.871. The van der Waals surface area contributed by atoms with E-state index in [1.165, 1.54) is 13.8 Å². The van der Waals surface area contributed by atoms with Crippen molar-refractivity contribution in [2.24, 2.45) is 0 Å². The van der Waals surface area contributed by atoms with Gasteiger partial charge in [-0.05, 0) is 32.2 Å². The molecule has 2 aliphatic rings. The van der Waals surface area contributed by atoms with Gasteiger partial charge in [-0.15, -0.1) is 0 Å². The van der Waals surface area contributed by atoms with Crippen LogP contribution in [0.25, 0.3) is 0 Å². The minimum Gasteiger partial charge on any atom is -0.394 e. The summed E-state index contributed by atoms with van der Waals surface area (Å²) in [7, 11) is 0. The van der Waals surface area contributed by atoms with E-state index in [1.807, 2.05) is 6.92 Å². The highest BCUT2D eigenvalue weighted by Crippen LogP contribution is 2.23. The van der Waals surface area contributed by atoms with Crippen LogP contribution in [-0.2, 0) is 38.1 Å². The van der Waals surface area contributed by atoms with Gasteiger partial charge in [-0.1, -0.05) is 6.92 Å². The summed E-state index contributed by atoms with van der Waals surface area (Å²) in [6.07, 6.45) is -8.18. The second-order valence-electron chi connectivity index (χ2n) is 12.4. The van der Waals surface area contributed by atoms with Crippen molar-refractivity contribution >= 4 is 23.6 Å². The molecular formula is C31H57N5O14. The first kappa shape index (κ1) is 43.6. The minimum absolute atomic E-state index is 0.0374. The highest BCUT2D eigenvalue weighted by atomic mass is 16.7. The number of aliphatic hydroxyl groups excluding tert-OH is 6. The number of aliphatic hydroxyl groups is 6. The molecule has 0 saturated carbocycles. The molecule has 0 aromatic carbocycles. The summed E-state index contributed by atoms with van der Waals surface area (Å²) in [5, 5.41) is 73.6. The standard InChI is InChI=1S/C31H57N5O14/c1-4-32-23(36-25(43)10-6-8-12-48-31-26(35-18(3)40)29(46)28(45)22(16-38)50-31)14-33-24(42)9-5-7-11-47-30-19(34-17(2)39)13-20(41)27(44)21(15-37)49-30/h19-23,26-32,37-38,41,44-46H,4-16H2,1-3H3,(H,33,42)(H,34,39)(H,35,40)(H,36,43). The Labute approximate surface area is 291 Å². The SMILES string of the molecule is CCNC(CNC(=O)CCCCOC1OC(CO)C(O)C(O)CC1NC(C)=O)NC(=O)CCCCOC1OC(CO)C(O)C(O)C1NC(C)=O. The molecule has 2 rings (SSSR count). The van der Waals surface area contributed by atoms with E-state index in [2.05, 4.69) is 26.6 Å². The van der Waals surface area contributed by atoms with E-state index in [9.17, 15) is 49.8 Å².